The molecule has 0 aliphatic heterocycles. The SMILES string of the molecule is Cc1cccc(C)c1Nc1ccc(NS(=O)(=O)c2ccccc2)nn1. The van der Waals surface area contributed by atoms with Crippen LogP contribution >= 0.6 is 0 Å². The number of rotatable bonds is 5. The van der Waals surface area contributed by atoms with Gasteiger partial charge in [0.05, 0.1) is 4.90 Å². The van der Waals surface area contributed by atoms with Gasteiger partial charge in [-0.05, 0) is 49.2 Å². The zero-order valence-corrected chi connectivity index (χ0v) is 14.7. The largest absolute Gasteiger partial charge is 0.338 e. The highest BCUT2D eigenvalue weighted by Gasteiger charge is 2.14. The van der Waals surface area contributed by atoms with Gasteiger partial charge in [-0.2, -0.15) is 0 Å². The fourth-order valence-electron chi connectivity index (χ4n) is 2.39. The summed E-state index contributed by atoms with van der Waals surface area (Å²) in [6.07, 6.45) is 0. The lowest BCUT2D eigenvalue weighted by Crippen LogP contribution is -2.14. The molecule has 0 aliphatic carbocycles. The lowest BCUT2D eigenvalue weighted by atomic mass is 10.1. The Morgan fingerprint density at radius 2 is 1.36 bits per heavy atom. The molecule has 0 bridgehead atoms. The van der Waals surface area contributed by atoms with E-state index in [2.05, 4.69) is 20.2 Å². The molecule has 6 nitrogen and oxygen atoms in total. The summed E-state index contributed by atoms with van der Waals surface area (Å²) >= 11 is 0. The molecule has 0 saturated carbocycles. The normalized spacial score (nSPS) is 11.1. The maximum Gasteiger partial charge on any atom is 0.263 e. The Balaban J connectivity index is 1.77. The van der Waals surface area contributed by atoms with Gasteiger partial charge in [0.25, 0.3) is 10.0 Å². The van der Waals surface area contributed by atoms with Crippen molar-refractivity contribution < 1.29 is 8.42 Å². The third kappa shape index (κ3) is 3.95. The van der Waals surface area contributed by atoms with E-state index < -0.39 is 10.0 Å². The van der Waals surface area contributed by atoms with Crippen LogP contribution in [0.4, 0.5) is 17.3 Å². The molecule has 0 spiro atoms. The van der Waals surface area contributed by atoms with Crippen LogP contribution in [0, 0.1) is 13.8 Å². The van der Waals surface area contributed by atoms with Gasteiger partial charge in [0, 0.05) is 5.69 Å². The van der Waals surface area contributed by atoms with Gasteiger partial charge in [-0.3, -0.25) is 4.72 Å². The van der Waals surface area contributed by atoms with Crippen LogP contribution in [0.25, 0.3) is 0 Å². The number of aromatic nitrogens is 2. The Morgan fingerprint density at radius 1 is 0.760 bits per heavy atom. The van der Waals surface area contributed by atoms with Crippen molar-refractivity contribution in [3.63, 3.8) is 0 Å². The zero-order chi connectivity index (χ0) is 17.9. The van der Waals surface area contributed by atoms with Crippen molar-refractivity contribution in [2.24, 2.45) is 0 Å². The van der Waals surface area contributed by atoms with Gasteiger partial charge < -0.3 is 5.32 Å². The molecular weight excluding hydrogens is 336 g/mol. The molecule has 3 rings (SSSR count). The van der Waals surface area contributed by atoms with Gasteiger partial charge in [0.1, 0.15) is 0 Å². The second-order valence-electron chi connectivity index (χ2n) is 5.61. The first-order chi connectivity index (χ1) is 12.0. The Kier molecular flexibility index (Phi) is 4.67. The fraction of sp³-hybridized carbons (Fsp3) is 0.111. The van der Waals surface area contributed by atoms with Crippen molar-refractivity contribution in [3.8, 4) is 0 Å². The van der Waals surface area contributed by atoms with Gasteiger partial charge in [0.2, 0.25) is 0 Å². The average molecular weight is 354 g/mol. The second kappa shape index (κ2) is 6.90. The number of hydrogen-bond donors (Lipinski definition) is 2. The van der Waals surface area contributed by atoms with E-state index in [0.717, 1.165) is 16.8 Å². The van der Waals surface area contributed by atoms with Gasteiger partial charge in [0.15, 0.2) is 11.6 Å². The van der Waals surface area contributed by atoms with E-state index in [-0.39, 0.29) is 10.7 Å². The number of aryl methyl sites for hydroxylation is 2. The van der Waals surface area contributed by atoms with Crippen molar-refractivity contribution >= 4 is 27.3 Å². The molecule has 7 heteroatoms. The van der Waals surface area contributed by atoms with Crippen molar-refractivity contribution in [1.82, 2.24) is 10.2 Å². The van der Waals surface area contributed by atoms with Crippen LogP contribution < -0.4 is 10.0 Å². The van der Waals surface area contributed by atoms with Gasteiger partial charge in [-0.15, -0.1) is 10.2 Å². The summed E-state index contributed by atoms with van der Waals surface area (Å²) < 4.78 is 27.0. The van der Waals surface area contributed by atoms with E-state index in [1.807, 2.05) is 32.0 Å². The zero-order valence-electron chi connectivity index (χ0n) is 13.9. The molecule has 0 aliphatic rings. The summed E-state index contributed by atoms with van der Waals surface area (Å²) in [7, 11) is -3.67. The van der Waals surface area contributed by atoms with Crippen LogP contribution in [0.1, 0.15) is 11.1 Å². The average Bonchev–Trinajstić information content (AvgIpc) is 2.60. The molecule has 25 heavy (non-hydrogen) atoms. The molecule has 2 N–H and O–H groups in total. The molecule has 0 saturated heterocycles. The molecule has 0 atom stereocenters. The Morgan fingerprint density at radius 3 is 1.96 bits per heavy atom. The van der Waals surface area contributed by atoms with E-state index in [1.165, 1.54) is 12.1 Å². The fourth-order valence-corrected chi connectivity index (χ4v) is 3.41. The molecule has 0 fully saturated rings. The third-order valence-electron chi connectivity index (χ3n) is 3.69. The quantitative estimate of drug-likeness (QED) is 0.731. The predicted octanol–water partition coefficient (Wildman–Crippen LogP) is 3.64. The van der Waals surface area contributed by atoms with Crippen molar-refractivity contribution in [2.75, 3.05) is 10.0 Å². The smallest absolute Gasteiger partial charge is 0.263 e. The van der Waals surface area contributed by atoms with Crippen LogP contribution in [-0.2, 0) is 10.0 Å². The topological polar surface area (TPSA) is 84.0 Å². The van der Waals surface area contributed by atoms with E-state index in [1.54, 1.807) is 30.3 Å². The molecule has 0 unspecified atom stereocenters. The minimum absolute atomic E-state index is 0.163. The third-order valence-corrected chi connectivity index (χ3v) is 5.06. The van der Waals surface area contributed by atoms with Crippen LogP contribution in [-0.4, -0.2) is 18.6 Å². The molecular formula is C18H18N4O2S. The number of nitrogens with zero attached hydrogens (tertiary/aromatic N) is 2. The highest BCUT2D eigenvalue weighted by Crippen LogP contribution is 2.23. The molecule has 0 radical (unpaired) electrons. The van der Waals surface area contributed by atoms with E-state index in [9.17, 15) is 8.42 Å². The van der Waals surface area contributed by atoms with Gasteiger partial charge >= 0.3 is 0 Å². The lowest BCUT2D eigenvalue weighted by molar-refractivity contribution is 0.601. The predicted molar refractivity (Wildman–Crippen MR) is 98.5 cm³/mol. The van der Waals surface area contributed by atoms with Crippen molar-refractivity contribution in [1.29, 1.82) is 0 Å². The number of anilines is 3. The first-order valence-electron chi connectivity index (χ1n) is 7.70. The van der Waals surface area contributed by atoms with Gasteiger partial charge in [-0.25, -0.2) is 8.42 Å². The minimum atomic E-state index is -3.67. The van der Waals surface area contributed by atoms with Crippen molar-refractivity contribution in [3.05, 3.63) is 71.8 Å². The summed E-state index contributed by atoms with van der Waals surface area (Å²) in [6, 6.07) is 17.4. The first-order valence-corrected chi connectivity index (χ1v) is 9.19. The van der Waals surface area contributed by atoms with E-state index >= 15 is 0 Å². The van der Waals surface area contributed by atoms with Crippen LogP contribution in [0.3, 0.4) is 0 Å². The molecule has 3 aromatic rings. The van der Waals surface area contributed by atoms with E-state index in [4.69, 9.17) is 0 Å². The summed E-state index contributed by atoms with van der Waals surface area (Å²) in [4.78, 5) is 0.175. The van der Waals surface area contributed by atoms with Crippen LogP contribution in [0.2, 0.25) is 0 Å². The first kappa shape index (κ1) is 16.9. The van der Waals surface area contributed by atoms with Crippen LogP contribution in [0.5, 0.6) is 0 Å². The number of hydrogen-bond acceptors (Lipinski definition) is 5. The second-order valence-corrected chi connectivity index (χ2v) is 7.30. The van der Waals surface area contributed by atoms with Crippen molar-refractivity contribution in [2.45, 2.75) is 18.7 Å². The summed E-state index contributed by atoms with van der Waals surface area (Å²) in [5, 5.41) is 11.2. The monoisotopic (exact) mass is 354 g/mol. The Labute approximate surface area is 147 Å². The Hall–Kier alpha value is -2.93. The molecule has 2 aromatic carbocycles. The molecule has 1 aromatic heterocycles. The number of sulfonamides is 1. The number of nitrogens with one attached hydrogen (secondary N) is 2. The summed E-state index contributed by atoms with van der Waals surface area (Å²) in [6.45, 7) is 4.01. The highest BCUT2D eigenvalue weighted by molar-refractivity contribution is 7.92. The summed E-state index contributed by atoms with van der Waals surface area (Å²) in [5.74, 6) is 0.705. The number of benzene rings is 2. The lowest BCUT2D eigenvalue weighted by Gasteiger charge is -2.12. The maximum absolute atomic E-state index is 12.3. The Bertz CT molecular complexity index is 951. The van der Waals surface area contributed by atoms with E-state index in [0.29, 0.717) is 5.82 Å². The van der Waals surface area contributed by atoms with Gasteiger partial charge in [-0.1, -0.05) is 36.4 Å². The maximum atomic E-state index is 12.3. The van der Waals surface area contributed by atoms with Crippen LogP contribution in [0.15, 0.2) is 65.6 Å². The highest BCUT2D eigenvalue weighted by atomic mass is 32.2. The molecule has 128 valence electrons. The number of para-hydroxylation sites is 1. The standard InChI is InChI=1S/C18H18N4O2S/c1-13-7-6-8-14(2)18(13)19-16-11-12-17(21-20-16)22-25(23,24)15-9-4-3-5-10-15/h3-12H,1-2H3,(H,19,20)(H,21,22). The molecule has 1 heterocycles. The minimum Gasteiger partial charge on any atom is -0.338 e. The molecule has 0 amide bonds. The summed E-state index contributed by atoms with van der Waals surface area (Å²) in [5.41, 5.74) is 3.15.